The van der Waals surface area contributed by atoms with Gasteiger partial charge in [0.1, 0.15) is 11.3 Å². The van der Waals surface area contributed by atoms with Crippen molar-refractivity contribution in [2.24, 2.45) is 0 Å². The number of anilines is 2. The van der Waals surface area contributed by atoms with Crippen molar-refractivity contribution in [3.8, 4) is 5.75 Å². The van der Waals surface area contributed by atoms with E-state index in [0.717, 1.165) is 25.7 Å². The zero-order valence-electron chi connectivity index (χ0n) is 16.3. The van der Waals surface area contributed by atoms with Gasteiger partial charge in [0.05, 0.1) is 22.7 Å². The average molecular weight is 449 g/mol. The summed E-state index contributed by atoms with van der Waals surface area (Å²) < 4.78 is 38.9. The highest BCUT2D eigenvalue weighted by Crippen LogP contribution is 2.34. The molecular weight excluding hydrogens is 428 g/mol. The Bertz CT molecular complexity index is 1250. The average Bonchev–Trinajstić information content (AvgIpc) is 3.23. The van der Waals surface area contributed by atoms with Gasteiger partial charge < -0.3 is 14.5 Å². The summed E-state index contributed by atoms with van der Waals surface area (Å²) in [5, 5.41) is 4.15. The van der Waals surface area contributed by atoms with Crippen LogP contribution < -0.4 is 20.4 Å². The molecular formula is C21H21ClN2O5S. The molecule has 3 aromatic rings. The largest absolute Gasteiger partial charge is 0.495 e. The number of methoxy groups -OCH3 is 1. The van der Waals surface area contributed by atoms with Gasteiger partial charge in [-0.05, 0) is 43.2 Å². The minimum Gasteiger partial charge on any atom is -0.495 e. The highest BCUT2D eigenvalue weighted by atomic mass is 35.5. The number of rotatable bonds is 6. The number of ether oxygens (including phenoxy) is 1. The monoisotopic (exact) mass is 448 g/mol. The highest BCUT2D eigenvalue weighted by Gasteiger charge is 2.25. The van der Waals surface area contributed by atoms with Crippen molar-refractivity contribution >= 4 is 44.0 Å². The van der Waals surface area contributed by atoms with Crippen molar-refractivity contribution < 1.29 is 17.6 Å². The van der Waals surface area contributed by atoms with Gasteiger partial charge in [0.2, 0.25) is 0 Å². The van der Waals surface area contributed by atoms with E-state index >= 15 is 0 Å². The molecule has 7 nitrogen and oxygen atoms in total. The van der Waals surface area contributed by atoms with Crippen molar-refractivity contribution in [3.05, 3.63) is 57.9 Å². The lowest BCUT2D eigenvalue weighted by Crippen LogP contribution is -2.23. The van der Waals surface area contributed by atoms with Gasteiger partial charge in [0.15, 0.2) is 5.69 Å². The molecule has 4 rings (SSSR count). The fourth-order valence-corrected chi connectivity index (χ4v) is 5.09. The van der Waals surface area contributed by atoms with E-state index in [2.05, 4.69) is 10.0 Å². The molecule has 1 heterocycles. The molecule has 158 valence electrons. The number of fused-ring (bicyclic) bond motifs is 1. The predicted molar refractivity (Wildman–Crippen MR) is 117 cm³/mol. The fourth-order valence-electron chi connectivity index (χ4n) is 3.67. The number of benzene rings is 2. The first-order chi connectivity index (χ1) is 14.4. The minimum absolute atomic E-state index is 0.0901. The summed E-state index contributed by atoms with van der Waals surface area (Å²) in [7, 11) is -2.66. The Hall–Kier alpha value is -2.71. The van der Waals surface area contributed by atoms with E-state index in [-0.39, 0.29) is 21.6 Å². The lowest BCUT2D eigenvalue weighted by Gasteiger charge is -2.19. The van der Waals surface area contributed by atoms with Gasteiger partial charge in [0.25, 0.3) is 10.0 Å². The lowest BCUT2D eigenvalue weighted by molar-refractivity contribution is 0.414. The number of sulfonamides is 1. The van der Waals surface area contributed by atoms with Crippen LogP contribution in [0.2, 0.25) is 5.02 Å². The number of hydrogen-bond acceptors (Lipinski definition) is 6. The molecule has 0 atom stereocenters. The van der Waals surface area contributed by atoms with E-state index in [0.29, 0.717) is 22.4 Å². The molecule has 30 heavy (non-hydrogen) atoms. The molecule has 0 unspecified atom stereocenters. The van der Waals surface area contributed by atoms with Crippen LogP contribution in [0.15, 0.2) is 56.6 Å². The van der Waals surface area contributed by atoms with Crippen LogP contribution in [0, 0.1) is 0 Å². The first kappa shape index (κ1) is 20.6. The SMILES string of the molecule is COc1ccc(S(=O)(=O)Nc2c(NC3CCCC3)c3ccccc3oc2=O)cc1Cl. The first-order valence-corrected chi connectivity index (χ1v) is 11.4. The maximum atomic E-state index is 13.0. The summed E-state index contributed by atoms with van der Waals surface area (Å²) in [5.41, 5.74) is -0.0970. The molecule has 2 N–H and O–H groups in total. The number of halogens is 1. The van der Waals surface area contributed by atoms with Crippen LogP contribution in [0.3, 0.4) is 0 Å². The van der Waals surface area contributed by atoms with Gasteiger partial charge in [-0.1, -0.05) is 36.6 Å². The van der Waals surface area contributed by atoms with Crippen molar-refractivity contribution in [2.75, 3.05) is 17.1 Å². The van der Waals surface area contributed by atoms with Crippen LogP contribution in [0.25, 0.3) is 11.0 Å². The van der Waals surface area contributed by atoms with Crippen molar-refractivity contribution in [3.63, 3.8) is 0 Å². The van der Waals surface area contributed by atoms with Gasteiger partial charge in [-0.2, -0.15) is 0 Å². The summed E-state index contributed by atoms with van der Waals surface area (Å²) in [6.07, 6.45) is 4.08. The van der Waals surface area contributed by atoms with Crippen molar-refractivity contribution in [2.45, 2.75) is 36.6 Å². The Morgan fingerprint density at radius 3 is 2.53 bits per heavy atom. The Labute approximate surface area is 179 Å². The molecule has 1 fully saturated rings. The normalized spacial score (nSPS) is 14.7. The van der Waals surface area contributed by atoms with Crippen LogP contribution in [0.5, 0.6) is 5.75 Å². The lowest BCUT2D eigenvalue weighted by atomic mass is 10.1. The first-order valence-electron chi connectivity index (χ1n) is 9.58. The van der Waals surface area contributed by atoms with E-state index in [1.165, 1.54) is 25.3 Å². The molecule has 0 amide bonds. The predicted octanol–water partition coefficient (Wildman–Crippen LogP) is 4.61. The molecule has 0 aliphatic heterocycles. The van der Waals surface area contributed by atoms with E-state index in [4.69, 9.17) is 20.8 Å². The van der Waals surface area contributed by atoms with Gasteiger partial charge in [-0.15, -0.1) is 0 Å². The van der Waals surface area contributed by atoms with Gasteiger partial charge in [-0.25, -0.2) is 13.2 Å². The van der Waals surface area contributed by atoms with Crippen LogP contribution >= 0.6 is 11.6 Å². The van der Waals surface area contributed by atoms with E-state index in [9.17, 15) is 13.2 Å². The maximum absolute atomic E-state index is 13.0. The second-order valence-electron chi connectivity index (χ2n) is 7.16. The van der Waals surface area contributed by atoms with Crippen LogP contribution in [-0.4, -0.2) is 21.6 Å². The van der Waals surface area contributed by atoms with Crippen LogP contribution in [-0.2, 0) is 10.0 Å². The number of hydrogen-bond donors (Lipinski definition) is 2. The maximum Gasteiger partial charge on any atom is 0.363 e. The molecule has 0 spiro atoms. The molecule has 9 heteroatoms. The van der Waals surface area contributed by atoms with Gasteiger partial charge in [0, 0.05) is 11.4 Å². The molecule has 0 radical (unpaired) electrons. The zero-order chi connectivity index (χ0) is 21.3. The van der Waals surface area contributed by atoms with E-state index in [1.807, 2.05) is 6.07 Å². The zero-order valence-corrected chi connectivity index (χ0v) is 17.8. The molecule has 0 bridgehead atoms. The molecule has 1 aliphatic rings. The summed E-state index contributed by atoms with van der Waals surface area (Å²) in [4.78, 5) is 12.6. The Morgan fingerprint density at radius 1 is 1.10 bits per heavy atom. The summed E-state index contributed by atoms with van der Waals surface area (Å²) >= 11 is 6.08. The third kappa shape index (κ3) is 3.97. The van der Waals surface area contributed by atoms with Crippen LogP contribution in [0.1, 0.15) is 25.7 Å². The fraction of sp³-hybridized carbons (Fsp3) is 0.286. The van der Waals surface area contributed by atoms with Gasteiger partial charge >= 0.3 is 5.63 Å². The number of para-hydroxylation sites is 1. The summed E-state index contributed by atoms with van der Waals surface area (Å²) in [6.45, 7) is 0. The van der Waals surface area contributed by atoms with E-state index in [1.54, 1.807) is 18.2 Å². The second kappa shape index (κ2) is 8.20. The highest BCUT2D eigenvalue weighted by molar-refractivity contribution is 7.92. The minimum atomic E-state index is -4.10. The second-order valence-corrected chi connectivity index (χ2v) is 9.25. The Balaban J connectivity index is 1.80. The third-order valence-electron chi connectivity index (χ3n) is 5.19. The standard InChI is InChI=1S/C21H21ClN2O5S/c1-28-18-11-10-14(12-16(18)22)30(26,27)24-20-19(23-13-6-2-3-7-13)15-8-4-5-9-17(15)29-21(20)25/h4-5,8-13,23-24H,2-3,6-7H2,1H3. The summed E-state index contributed by atoms with van der Waals surface area (Å²) in [5.74, 6) is 0.351. The van der Waals surface area contributed by atoms with Crippen molar-refractivity contribution in [1.29, 1.82) is 0 Å². The van der Waals surface area contributed by atoms with Crippen LogP contribution in [0.4, 0.5) is 11.4 Å². The quantitative estimate of drug-likeness (QED) is 0.534. The van der Waals surface area contributed by atoms with Gasteiger partial charge in [-0.3, -0.25) is 4.72 Å². The number of nitrogens with one attached hydrogen (secondary N) is 2. The molecule has 2 aromatic carbocycles. The molecule has 1 aromatic heterocycles. The topological polar surface area (TPSA) is 97.6 Å². The van der Waals surface area contributed by atoms with Crippen molar-refractivity contribution in [1.82, 2.24) is 0 Å². The third-order valence-corrected chi connectivity index (χ3v) is 6.83. The molecule has 1 saturated carbocycles. The molecule has 1 aliphatic carbocycles. The smallest absolute Gasteiger partial charge is 0.363 e. The Kier molecular flexibility index (Phi) is 5.62. The molecule has 0 saturated heterocycles. The summed E-state index contributed by atoms with van der Waals surface area (Å²) in [6, 6.07) is 11.3. The van der Waals surface area contributed by atoms with E-state index < -0.39 is 15.6 Å². The Morgan fingerprint density at radius 2 is 1.83 bits per heavy atom.